The quantitative estimate of drug-likeness (QED) is 0.144. The summed E-state index contributed by atoms with van der Waals surface area (Å²) in [6, 6.07) is 59.8. The maximum Gasteiger partial charge on any atom is 0.160 e. The van der Waals surface area contributed by atoms with Gasteiger partial charge in [-0.2, -0.15) is 0 Å². The summed E-state index contributed by atoms with van der Waals surface area (Å²) in [6.07, 6.45) is 0. The first-order valence-electron chi connectivity index (χ1n) is 16.6. The first-order valence-corrected chi connectivity index (χ1v) is 16.6. The third kappa shape index (κ3) is 4.51. The van der Waals surface area contributed by atoms with Crippen molar-refractivity contribution in [3.8, 4) is 45.0 Å². The largest absolute Gasteiger partial charge is 0.456 e. The molecule has 0 saturated carbocycles. The Morgan fingerprint density at radius 1 is 0.347 bits per heavy atom. The van der Waals surface area contributed by atoms with Gasteiger partial charge in [-0.05, 0) is 73.8 Å². The van der Waals surface area contributed by atoms with Gasteiger partial charge in [0.25, 0.3) is 0 Å². The van der Waals surface area contributed by atoms with Crippen LogP contribution in [0.5, 0.6) is 0 Å². The van der Waals surface area contributed by atoms with Crippen molar-refractivity contribution in [2.45, 2.75) is 0 Å². The van der Waals surface area contributed by atoms with E-state index in [2.05, 4.69) is 133 Å². The highest BCUT2D eigenvalue weighted by Gasteiger charge is 2.19. The van der Waals surface area contributed by atoms with Crippen LogP contribution in [0.4, 0.5) is 0 Å². The minimum Gasteiger partial charge on any atom is -0.456 e. The minimum atomic E-state index is 0.682. The lowest BCUT2D eigenvalue weighted by Crippen LogP contribution is -1.97. The molecule has 3 heteroatoms. The molecule has 49 heavy (non-hydrogen) atoms. The highest BCUT2D eigenvalue weighted by molar-refractivity contribution is 6.21. The van der Waals surface area contributed by atoms with Crippen LogP contribution in [0.3, 0.4) is 0 Å². The SMILES string of the molecule is c1ccc(-c2nc(-c3ccc4c(c3)oc3ccccc34)cc(-c3ccccc3-c3c4ccccc4cc4c3ccc3ccccc34)n2)cc1. The Morgan fingerprint density at radius 2 is 1.00 bits per heavy atom. The highest BCUT2D eigenvalue weighted by Crippen LogP contribution is 2.43. The first kappa shape index (κ1) is 27.5. The Morgan fingerprint density at radius 3 is 1.88 bits per heavy atom. The summed E-state index contributed by atoms with van der Waals surface area (Å²) in [4.78, 5) is 10.4. The maximum atomic E-state index is 6.29. The van der Waals surface area contributed by atoms with Crippen molar-refractivity contribution in [2.24, 2.45) is 0 Å². The molecule has 0 fully saturated rings. The molecule has 2 aromatic heterocycles. The van der Waals surface area contributed by atoms with E-state index in [0.29, 0.717) is 5.82 Å². The van der Waals surface area contributed by atoms with Gasteiger partial charge in [0.15, 0.2) is 5.82 Å². The average molecular weight is 625 g/mol. The molecule has 3 nitrogen and oxygen atoms in total. The van der Waals surface area contributed by atoms with Crippen LogP contribution in [0.2, 0.25) is 0 Å². The van der Waals surface area contributed by atoms with E-state index in [4.69, 9.17) is 14.4 Å². The monoisotopic (exact) mass is 624 g/mol. The predicted octanol–water partition coefficient (Wildman–Crippen LogP) is 12.5. The summed E-state index contributed by atoms with van der Waals surface area (Å²) in [6.45, 7) is 0. The molecule has 0 saturated heterocycles. The molecule has 0 spiro atoms. The third-order valence-electron chi connectivity index (χ3n) is 9.68. The normalized spacial score (nSPS) is 11.7. The van der Waals surface area contributed by atoms with Gasteiger partial charge in [0.2, 0.25) is 0 Å². The molecule has 0 aliphatic carbocycles. The first-order chi connectivity index (χ1) is 24.3. The van der Waals surface area contributed by atoms with E-state index in [1.807, 2.05) is 36.4 Å². The zero-order valence-corrected chi connectivity index (χ0v) is 26.5. The van der Waals surface area contributed by atoms with E-state index >= 15 is 0 Å². The summed E-state index contributed by atoms with van der Waals surface area (Å²) in [7, 11) is 0. The van der Waals surface area contributed by atoms with E-state index in [9.17, 15) is 0 Å². The van der Waals surface area contributed by atoms with E-state index in [1.165, 1.54) is 37.9 Å². The Kier molecular flexibility index (Phi) is 6.18. The Hall–Kier alpha value is -6.58. The second-order valence-corrected chi connectivity index (χ2v) is 12.5. The van der Waals surface area contributed by atoms with Gasteiger partial charge in [-0.15, -0.1) is 0 Å². The highest BCUT2D eigenvalue weighted by atomic mass is 16.3. The Labute approximate surface area is 282 Å². The Bertz CT molecular complexity index is 2890. The number of nitrogens with zero attached hydrogens (tertiary/aromatic N) is 2. The summed E-state index contributed by atoms with van der Waals surface area (Å²) >= 11 is 0. The molecule has 0 aliphatic rings. The molecule has 0 amide bonds. The standard InChI is InChI=1S/C46H28N2O/c1-2-13-30(14-3-1)46-47-41(32-23-24-37-36-19-10-11-21-43(36)49-44(37)27-32)28-42(48-46)35-18-8-9-20-38(35)45-34-17-7-5-15-31(34)26-40-33-16-6-4-12-29(33)22-25-39(40)45/h1-28H. The molecule has 2 heterocycles. The number of fused-ring (bicyclic) bond motifs is 7. The molecule has 228 valence electrons. The fraction of sp³-hybridized carbons (Fsp3) is 0. The van der Waals surface area contributed by atoms with Crippen molar-refractivity contribution < 1.29 is 4.42 Å². The van der Waals surface area contributed by atoms with Crippen LogP contribution in [0.1, 0.15) is 0 Å². The van der Waals surface area contributed by atoms with E-state index < -0.39 is 0 Å². The smallest absolute Gasteiger partial charge is 0.160 e. The van der Waals surface area contributed by atoms with Crippen molar-refractivity contribution in [2.75, 3.05) is 0 Å². The van der Waals surface area contributed by atoms with E-state index in [-0.39, 0.29) is 0 Å². The molecule has 0 radical (unpaired) electrons. The zero-order valence-electron chi connectivity index (χ0n) is 26.5. The lowest BCUT2D eigenvalue weighted by atomic mass is 9.87. The molecule has 8 aromatic carbocycles. The average Bonchev–Trinajstić information content (AvgIpc) is 3.55. The van der Waals surface area contributed by atoms with Crippen molar-refractivity contribution in [1.82, 2.24) is 9.97 Å². The van der Waals surface area contributed by atoms with Gasteiger partial charge in [0, 0.05) is 27.5 Å². The maximum absolute atomic E-state index is 6.29. The predicted molar refractivity (Wildman–Crippen MR) is 204 cm³/mol. The number of hydrogen-bond donors (Lipinski definition) is 0. The minimum absolute atomic E-state index is 0.682. The van der Waals surface area contributed by atoms with Crippen LogP contribution >= 0.6 is 0 Å². The van der Waals surface area contributed by atoms with E-state index in [0.717, 1.165) is 55.6 Å². The number of benzene rings is 8. The second kappa shape index (κ2) is 11.0. The fourth-order valence-electron chi connectivity index (χ4n) is 7.37. The van der Waals surface area contributed by atoms with Gasteiger partial charge < -0.3 is 4.42 Å². The summed E-state index contributed by atoms with van der Waals surface area (Å²) in [5, 5.41) is 9.58. The van der Waals surface area contributed by atoms with Gasteiger partial charge in [0.05, 0.1) is 11.4 Å². The molecule has 0 atom stereocenters. The van der Waals surface area contributed by atoms with Crippen molar-refractivity contribution in [3.63, 3.8) is 0 Å². The zero-order chi connectivity index (χ0) is 32.3. The summed E-state index contributed by atoms with van der Waals surface area (Å²) < 4.78 is 6.29. The van der Waals surface area contributed by atoms with Crippen LogP contribution in [-0.4, -0.2) is 9.97 Å². The summed E-state index contributed by atoms with van der Waals surface area (Å²) in [5.74, 6) is 0.682. The molecule has 10 rings (SSSR count). The van der Waals surface area contributed by atoms with Crippen molar-refractivity contribution in [3.05, 3.63) is 170 Å². The van der Waals surface area contributed by atoms with Gasteiger partial charge >= 0.3 is 0 Å². The number of para-hydroxylation sites is 1. The molecule has 0 N–H and O–H groups in total. The number of furan rings is 1. The second-order valence-electron chi connectivity index (χ2n) is 12.5. The lowest BCUT2D eigenvalue weighted by molar-refractivity contribution is 0.669. The lowest BCUT2D eigenvalue weighted by Gasteiger charge is -2.17. The third-order valence-corrected chi connectivity index (χ3v) is 9.68. The Balaban J connectivity index is 1.24. The van der Waals surface area contributed by atoms with Crippen LogP contribution < -0.4 is 0 Å². The topological polar surface area (TPSA) is 38.9 Å². The number of aromatic nitrogens is 2. The van der Waals surface area contributed by atoms with Gasteiger partial charge in [-0.3, -0.25) is 0 Å². The van der Waals surface area contributed by atoms with E-state index in [1.54, 1.807) is 0 Å². The van der Waals surface area contributed by atoms with Crippen LogP contribution in [-0.2, 0) is 0 Å². The van der Waals surface area contributed by atoms with Crippen molar-refractivity contribution in [1.29, 1.82) is 0 Å². The van der Waals surface area contributed by atoms with Gasteiger partial charge in [-0.25, -0.2) is 9.97 Å². The van der Waals surface area contributed by atoms with Crippen LogP contribution in [0.25, 0.3) is 99.3 Å². The van der Waals surface area contributed by atoms with Gasteiger partial charge in [-0.1, -0.05) is 140 Å². The summed E-state index contributed by atoms with van der Waals surface area (Å²) in [5.41, 5.74) is 8.78. The van der Waals surface area contributed by atoms with Gasteiger partial charge in [0.1, 0.15) is 11.2 Å². The van der Waals surface area contributed by atoms with Crippen LogP contribution in [0, 0.1) is 0 Å². The van der Waals surface area contributed by atoms with Crippen molar-refractivity contribution >= 4 is 54.3 Å². The molecular weight excluding hydrogens is 597 g/mol. The van der Waals surface area contributed by atoms with Crippen LogP contribution in [0.15, 0.2) is 174 Å². The molecule has 0 aliphatic heterocycles. The number of hydrogen-bond acceptors (Lipinski definition) is 3. The molecule has 0 unspecified atom stereocenters. The molecular formula is C46H28N2O. The molecule has 10 aromatic rings. The number of rotatable bonds is 4. The molecule has 0 bridgehead atoms. The fourth-order valence-corrected chi connectivity index (χ4v) is 7.37.